The van der Waals surface area contributed by atoms with Gasteiger partial charge in [0.15, 0.2) is 0 Å². The first kappa shape index (κ1) is 17.0. The Morgan fingerprint density at radius 1 is 1.16 bits per heavy atom. The minimum absolute atomic E-state index is 0.108. The second kappa shape index (κ2) is 6.58. The molecular formula is C20H17NO3S. The summed E-state index contributed by atoms with van der Waals surface area (Å²) < 4.78 is 31.4. The van der Waals surface area contributed by atoms with Crippen LogP contribution in [0.15, 0.2) is 62.7 Å². The topological polar surface area (TPSA) is 71.1 Å². The molecular weight excluding hydrogens is 334 g/mol. The van der Waals surface area contributed by atoms with E-state index in [1.165, 1.54) is 18.2 Å². The fraction of sp³-hybridized carbons (Fsp3) is 0.150. The van der Waals surface area contributed by atoms with Crippen molar-refractivity contribution in [1.29, 1.82) is 5.26 Å². The fourth-order valence-electron chi connectivity index (χ4n) is 2.68. The van der Waals surface area contributed by atoms with E-state index in [0.717, 1.165) is 10.9 Å². The van der Waals surface area contributed by atoms with Gasteiger partial charge in [-0.2, -0.15) is 5.26 Å². The molecule has 0 aliphatic carbocycles. The van der Waals surface area contributed by atoms with E-state index < -0.39 is 9.84 Å². The molecule has 25 heavy (non-hydrogen) atoms. The van der Waals surface area contributed by atoms with Crippen molar-refractivity contribution in [3.8, 4) is 6.07 Å². The summed E-state index contributed by atoms with van der Waals surface area (Å²) in [6, 6.07) is 15.7. The molecule has 0 radical (unpaired) electrons. The molecule has 0 aliphatic rings. The maximum absolute atomic E-state index is 12.8. The summed E-state index contributed by atoms with van der Waals surface area (Å²) in [5.74, 6) is 0.660. The molecule has 5 heteroatoms. The van der Waals surface area contributed by atoms with Gasteiger partial charge in [0, 0.05) is 17.4 Å². The number of nitriles is 1. The van der Waals surface area contributed by atoms with Gasteiger partial charge in [-0.25, -0.2) is 8.42 Å². The lowest BCUT2D eigenvalue weighted by Gasteiger charge is -2.04. The molecule has 126 valence electrons. The van der Waals surface area contributed by atoms with Gasteiger partial charge in [-0.15, -0.1) is 0 Å². The third-order valence-corrected chi connectivity index (χ3v) is 5.72. The van der Waals surface area contributed by atoms with Crippen LogP contribution in [0.3, 0.4) is 0 Å². The summed E-state index contributed by atoms with van der Waals surface area (Å²) in [6.07, 6.45) is 2.02. The number of allylic oxidation sites excluding steroid dienone is 1. The molecule has 1 heterocycles. The second-order valence-electron chi connectivity index (χ2n) is 5.73. The predicted molar refractivity (Wildman–Crippen MR) is 97.5 cm³/mol. The Kier molecular flexibility index (Phi) is 4.47. The molecule has 0 saturated heterocycles. The molecule has 0 amide bonds. The lowest BCUT2D eigenvalue weighted by atomic mass is 10.1. The molecule has 0 fully saturated rings. The Labute approximate surface area is 146 Å². The van der Waals surface area contributed by atoms with Crippen LogP contribution in [-0.2, 0) is 16.3 Å². The zero-order chi connectivity index (χ0) is 18.0. The van der Waals surface area contributed by atoms with Crippen molar-refractivity contribution in [3.05, 3.63) is 70.3 Å². The number of furan rings is 1. The lowest BCUT2D eigenvalue weighted by molar-refractivity contribution is 0.556. The fourth-order valence-corrected chi connectivity index (χ4v) is 3.82. The summed E-state index contributed by atoms with van der Waals surface area (Å²) in [5, 5.41) is 10.3. The molecule has 0 spiro atoms. The van der Waals surface area contributed by atoms with E-state index in [9.17, 15) is 13.7 Å². The molecule has 4 nitrogen and oxygen atoms in total. The third-order valence-electron chi connectivity index (χ3n) is 4.04. The Balaban J connectivity index is 2.19. The number of sulfone groups is 1. The molecule has 0 bridgehead atoms. The highest BCUT2D eigenvalue weighted by atomic mass is 32.2. The van der Waals surface area contributed by atoms with E-state index >= 15 is 0 Å². The predicted octanol–water partition coefficient (Wildman–Crippen LogP) is 4.64. The molecule has 0 saturated carbocycles. The Morgan fingerprint density at radius 3 is 2.48 bits per heavy atom. The van der Waals surface area contributed by atoms with Gasteiger partial charge in [0.05, 0.1) is 4.90 Å². The van der Waals surface area contributed by atoms with E-state index in [0.29, 0.717) is 23.3 Å². The molecule has 0 aliphatic heterocycles. The number of hydrogen-bond donors (Lipinski definition) is 0. The van der Waals surface area contributed by atoms with Crippen LogP contribution >= 0.6 is 0 Å². The van der Waals surface area contributed by atoms with Gasteiger partial charge in [0.2, 0.25) is 9.84 Å². The quantitative estimate of drug-likeness (QED) is 0.642. The van der Waals surface area contributed by atoms with Crippen molar-refractivity contribution < 1.29 is 12.8 Å². The zero-order valence-corrected chi connectivity index (χ0v) is 14.8. The minimum Gasteiger partial charge on any atom is -0.460 e. The van der Waals surface area contributed by atoms with Gasteiger partial charge >= 0.3 is 0 Å². The number of benzene rings is 2. The number of para-hydroxylation sites is 1. The molecule has 2 aromatic carbocycles. The third kappa shape index (κ3) is 3.09. The maximum Gasteiger partial charge on any atom is 0.216 e. The van der Waals surface area contributed by atoms with Gasteiger partial charge < -0.3 is 4.42 Å². The largest absolute Gasteiger partial charge is 0.460 e. The summed E-state index contributed by atoms with van der Waals surface area (Å²) >= 11 is 0. The molecule has 0 atom stereocenters. The summed E-state index contributed by atoms with van der Waals surface area (Å²) in [7, 11) is -3.88. The highest BCUT2D eigenvalue weighted by Gasteiger charge is 2.22. The van der Waals surface area contributed by atoms with Crippen molar-refractivity contribution in [2.75, 3.05) is 0 Å². The van der Waals surface area contributed by atoms with Gasteiger partial charge in [0.1, 0.15) is 22.3 Å². The van der Waals surface area contributed by atoms with Gasteiger partial charge in [-0.1, -0.05) is 42.8 Å². The van der Waals surface area contributed by atoms with Crippen molar-refractivity contribution in [1.82, 2.24) is 0 Å². The van der Waals surface area contributed by atoms with Crippen LogP contribution in [0, 0.1) is 18.3 Å². The Bertz CT molecular complexity index is 1100. The van der Waals surface area contributed by atoms with E-state index in [1.54, 1.807) is 12.1 Å². The van der Waals surface area contributed by atoms with Gasteiger partial charge in [-0.05, 0) is 31.2 Å². The van der Waals surface area contributed by atoms with Crippen LogP contribution in [0.1, 0.15) is 23.8 Å². The average Bonchev–Trinajstić information content (AvgIpc) is 2.97. The summed E-state index contributed by atoms with van der Waals surface area (Å²) in [5.41, 5.74) is 2.27. The van der Waals surface area contributed by atoms with Gasteiger partial charge in [0.25, 0.3) is 0 Å². The normalized spacial score (nSPS) is 12.3. The molecule has 3 aromatic rings. The highest BCUT2D eigenvalue weighted by Crippen LogP contribution is 2.30. The first-order valence-corrected chi connectivity index (χ1v) is 9.39. The standard InChI is InChI=1S/C20H17NO3S/c1-3-19-18(17-6-4-5-7-20(17)24-19)12-16(13-21)25(22,23)15-10-8-14(2)9-11-15/h4-12H,3H2,1-2H3/b16-12+. The van der Waals surface area contributed by atoms with Crippen molar-refractivity contribution >= 4 is 26.9 Å². The number of aryl methyl sites for hydroxylation is 2. The smallest absolute Gasteiger partial charge is 0.216 e. The highest BCUT2D eigenvalue weighted by molar-refractivity contribution is 7.95. The molecule has 1 aromatic heterocycles. The van der Waals surface area contributed by atoms with Crippen LogP contribution in [0.25, 0.3) is 17.0 Å². The number of hydrogen-bond acceptors (Lipinski definition) is 4. The first-order valence-electron chi connectivity index (χ1n) is 7.91. The van der Waals surface area contributed by atoms with Crippen LogP contribution < -0.4 is 0 Å². The van der Waals surface area contributed by atoms with Crippen molar-refractivity contribution in [3.63, 3.8) is 0 Å². The summed E-state index contributed by atoms with van der Waals surface area (Å²) in [4.78, 5) is -0.186. The van der Waals surface area contributed by atoms with Crippen molar-refractivity contribution in [2.45, 2.75) is 25.2 Å². The maximum atomic E-state index is 12.8. The molecule has 3 rings (SSSR count). The van der Waals surface area contributed by atoms with Gasteiger partial charge in [-0.3, -0.25) is 0 Å². The average molecular weight is 351 g/mol. The number of rotatable bonds is 4. The minimum atomic E-state index is -3.88. The second-order valence-corrected chi connectivity index (χ2v) is 7.64. The SMILES string of the molecule is CCc1oc2ccccc2c1/C=C(\C#N)S(=O)(=O)c1ccc(C)cc1. The number of nitrogens with zero attached hydrogens (tertiary/aromatic N) is 1. The first-order chi connectivity index (χ1) is 12.0. The number of fused-ring (bicyclic) bond motifs is 1. The lowest BCUT2D eigenvalue weighted by Crippen LogP contribution is -2.03. The van der Waals surface area contributed by atoms with E-state index in [-0.39, 0.29) is 9.80 Å². The molecule has 0 N–H and O–H groups in total. The van der Waals surface area contributed by atoms with E-state index in [1.807, 2.05) is 44.2 Å². The van der Waals surface area contributed by atoms with Crippen LogP contribution in [-0.4, -0.2) is 8.42 Å². The van der Waals surface area contributed by atoms with Crippen LogP contribution in [0.2, 0.25) is 0 Å². The zero-order valence-electron chi connectivity index (χ0n) is 14.0. The molecule has 0 unspecified atom stereocenters. The Morgan fingerprint density at radius 2 is 1.84 bits per heavy atom. The van der Waals surface area contributed by atoms with E-state index in [2.05, 4.69) is 0 Å². The summed E-state index contributed by atoms with van der Waals surface area (Å²) in [6.45, 7) is 3.80. The van der Waals surface area contributed by atoms with Crippen LogP contribution in [0.4, 0.5) is 0 Å². The van der Waals surface area contributed by atoms with E-state index in [4.69, 9.17) is 4.42 Å². The monoisotopic (exact) mass is 351 g/mol. The van der Waals surface area contributed by atoms with Crippen molar-refractivity contribution in [2.24, 2.45) is 0 Å². The van der Waals surface area contributed by atoms with Crippen LogP contribution in [0.5, 0.6) is 0 Å². The Hall–Kier alpha value is -2.84.